The zero-order valence-electron chi connectivity index (χ0n) is 16.6. The van der Waals surface area contributed by atoms with E-state index in [9.17, 15) is 20.1 Å². The van der Waals surface area contributed by atoms with Gasteiger partial charge in [-0.1, -0.05) is 58.3 Å². The van der Waals surface area contributed by atoms with Gasteiger partial charge in [-0.2, -0.15) is 0 Å². The molecular weight excluding hydrogens is 352 g/mol. The van der Waals surface area contributed by atoms with Crippen LogP contribution in [0.2, 0.25) is 0 Å². The average Bonchev–Trinajstić information content (AvgIpc) is 3.03. The Hall–Kier alpha value is -0.730. The highest BCUT2D eigenvalue weighted by atomic mass is 16.6. The third-order valence-corrected chi connectivity index (χ3v) is 4.87. The smallest absolute Gasteiger partial charge is 0.306 e. The number of aliphatic hydroxyl groups is 2. The quantitative estimate of drug-likeness (QED) is 0.310. The van der Waals surface area contributed by atoms with Crippen LogP contribution in [0.1, 0.15) is 71.1 Å². The van der Waals surface area contributed by atoms with E-state index >= 15 is 0 Å². The van der Waals surface area contributed by atoms with Crippen molar-refractivity contribution < 1.29 is 34.3 Å². The second kappa shape index (κ2) is 15.2. The van der Waals surface area contributed by atoms with Crippen molar-refractivity contribution in [3.05, 3.63) is 0 Å². The van der Waals surface area contributed by atoms with Crippen LogP contribution in [-0.2, 0) is 24.1 Å². The van der Waals surface area contributed by atoms with Gasteiger partial charge in [-0.25, -0.2) is 5.11 Å². The predicted molar refractivity (Wildman–Crippen MR) is 99.9 cm³/mol. The Morgan fingerprint density at radius 2 is 1.74 bits per heavy atom. The van der Waals surface area contributed by atoms with Crippen LogP contribution < -0.4 is 0 Å². The molecule has 0 aromatic rings. The molecular formula is C20H37O7. The summed E-state index contributed by atoms with van der Waals surface area (Å²) < 4.78 is 16.1. The zero-order valence-corrected chi connectivity index (χ0v) is 16.6. The van der Waals surface area contributed by atoms with E-state index in [-0.39, 0.29) is 19.2 Å². The van der Waals surface area contributed by atoms with Gasteiger partial charge in [0.1, 0.15) is 24.9 Å². The Morgan fingerprint density at radius 1 is 1.11 bits per heavy atom. The largest absolute Gasteiger partial charge is 0.457 e. The van der Waals surface area contributed by atoms with Crippen molar-refractivity contribution in [3.63, 3.8) is 0 Å². The first-order chi connectivity index (χ1) is 13.1. The molecule has 1 saturated heterocycles. The topological polar surface area (TPSA) is 105 Å². The van der Waals surface area contributed by atoms with Crippen LogP contribution in [0, 0.1) is 0 Å². The SMILES string of the molecule is CCCCCCCCCCCC(=O)O[C@H](CO)[C@H]1OC[C@H](O)[C@H]1OCC[O]. The van der Waals surface area contributed by atoms with Gasteiger partial charge in [0, 0.05) is 6.42 Å². The van der Waals surface area contributed by atoms with Crippen molar-refractivity contribution in [1.82, 2.24) is 0 Å². The van der Waals surface area contributed by atoms with Crippen molar-refractivity contribution in [2.24, 2.45) is 0 Å². The first kappa shape index (κ1) is 24.3. The Morgan fingerprint density at radius 3 is 2.33 bits per heavy atom. The average molecular weight is 390 g/mol. The van der Waals surface area contributed by atoms with E-state index < -0.39 is 37.6 Å². The van der Waals surface area contributed by atoms with Gasteiger partial charge < -0.3 is 24.4 Å². The lowest BCUT2D eigenvalue weighted by atomic mass is 10.1. The first-order valence-electron chi connectivity index (χ1n) is 10.4. The Labute approximate surface area is 163 Å². The minimum Gasteiger partial charge on any atom is -0.457 e. The van der Waals surface area contributed by atoms with Crippen LogP contribution >= 0.6 is 0 Å². The third-order valence-electron chi connectivity index (χ3n) is 4.87. The molecule has 1 aliphatic rings. The molecule has 0 spiro atoms. The molecule has 0 aliphatic carbocycles. The standard InChI is InChI=1S/C20H37O7/c1-2-3-4-5-6-7-8-9-10-11-18(24)27-17(14-22)20-19(25-13-12-21)16(23)15-26-20/h16-17,19-20,22-23H,2-15H2,1H3/t16-,17+,19+,20+/m0/s1. The summed E-state index contributed by atoms with van der Waals surface area (Å²) in [7, 11) is 0. The fraction of sp³-hybridized carbons (Fsp3) is 0.950. The lowest BCUT2D eigenvalue weighted by Gasteiger charge is -2.26. The molecule has 0 aromatic heterocycles. The third kappa shape index (κ3) is 9.85. The van der Waals surface area contributed by atoms with E-state index in [4.69, 9.17) is 14.2 Å². The number of hydrogen-bond donors (Lipinski definition) is 2. The summed E-state index contributed by atoms with van der Waals surface area (Å²) in [6.07, 6.45) is 7.45. The van der Waals surface area contributed by atoms with E-state index in [0.717, 1.165) is 19.3 Å². The summed E-state index contributed by atoms with van der Waals surface area (Å²) in [5, 5.41) is 30.0. The van der Waals surface area contributed by atoms with Gasteiger partial charge in [0.15, 0.2) is 6.10 Å². The molecule has 2 N–H and O–H groups in total. The molecule has 0 saturated carbocycles. The number of unbranched alkanes of at least 4 members (excludes halogenated alkanes) is 8. The van der Waals surface area contributed by atoms with E-state index in [1.807, 2.05) is 0 Å². The number of ether oxygens (including phenoxy) is 3. The van der Waals surface area contributed by atoms with Crippen LogP contribution in [0.3, 0.4) is 0 Å². The summed E-state index contributed by atoms with van der Waals surface area (Å²) in [5.41, 5.74) is 0. The van der Waals surface area contributed by atoms with Crippen LogP contribution in [0.4, 0.5) is 0 Å². The summed E-state index contributed by atoms with van der Waals surface area (Å²) in [4.78, 5) is 12.0. The molecule has 0 unspecified atom stereocenters. The maximum absolute atomic E-state index is 12.0. The number of aliphatic hydroxyl groups excluding tert-OH is 2. The Bertz CT molecular complexity index is 377. The number of rotatable bonds is 16. The minimum atomic E-state index is -0.898. The van der Waals surface area contributed by atoms with Crippen LogP contribution in [0.25, 0.3) is 0 Å². The Kier molecular flexibility index (Phi) is 13.7. The fourth-order valence-electron chi connectivity index (χ4n) is 3.34. The van der Waals surface area contributed by atoms with Crippen molar-refractivity contribution in [1.29, 1.82) is 0 Å². The van der Waals surface area contributed by atoms with Crippen molar-refractivity contribution in [3.8, 4) is 0 Å². The molecule has 159 valence electrons. The van der Waals surface area contributed by atoms with E-state index in [2.05, 4.69) is 6.92 Å². The molecule has 0 amide bonds. The van der Waals surface area contributed by atoms with Crippen molar-refractivity contribution >= 4 is 5.97 Å². The van der Waals surface area contributed by atoms with Crippen LogP contribution in [0.5, 0.6) is 0 Å². The molecule has 7 heteroatoms. The summed E-state index contributed by atoms with van der Waals surface area (Å²) in [5.74, 6) is -0.385. The number of carbonyl (C=O) groups is 1. The molecule has 1 aliphatic heterocycles. The zero-order chi connectivity index (χ0) is 19.9. The van der Waals surface area contributed by atoms with Gasteiger partial charge in [-0.3, -0.25) is 4.79 Å². The van der Waals surface area contributed by atoms with Gasteiger partial charge in [0.2, 0.25) is 0 Å². The second-order valence-corrected chi connectivity index (χ2v) is 7.19. The first-order valence-corrected chi connectivity index (χ1v) is 10.4. The minimum absolute atomic E-state index is 0.0283. The van der Waals surface area contributed by atoms with E-state index in [1.54, 1.807) is 0 Å². The number of hydrogen-bond acceptors (Lipinski definition) is 6. The highest BCUT2D eigenvalue weighted by Crippen LogP contribution is 2.23. The van der Waals surface area contributed by atoms with E-state index in [0.29, 0.717) is 6.42 Å². The van der Waals surface area contributed by atoms with Crippen LogP contribution in [-0.4, -0.2) is 67.0 Å². The maximum Gasteiger partial charge on any atom is 0.306 e. The van der Waals surface area contributed by atoms with Gasteiger partial charge in [-0.05, 0) is 6.42 Å². The normalized spacial score (nSPS) is 23.5. The lowest BCUT2D eigenvalue weighted by Crippen LogP contribution is -2.44. The molecule has 1 fully saturated rings. The van der Waals surface area contributed by atoms with Gasteiger partial charge >= 0.3 is 5.97 Å². The monoisotopic (exact) mass is 389 g/mol. The highest BCUT2D eigenvalue weighted by molar-refractivity contribution is 5.69. The molecule has 4 atom stereocenters. The molecule has 0 bridgehead atoms. The van der Waals surface area contributed by atoms with Crippen molar-refractivity contribution in [2.75, 3.05) is 26.4 Å². The summed E-state index contributed by atoms with van der Waals surface area (Å²) >= 11 is 0. The second-order valence-electron chi connectivity index (χ2n) is 7.19. The molecule has 7 nitrogen and oxygen atoms in total. The Balaban J connectivity index is 2.21. The number of carbonyl (C=O) groups excluding carboxylic acids is 1. The van der Waals surface area contributed by atoms with Crippen molar-refractivity contribution in [2.45, 2.75) is 95.5 Å². The van der Waals surface area contributed by atoms with Gasteiger partial charge in [0.05, 0.1) is 19.8 Å². The summed E-state index contributed by atoms with van der Waals surface area (Å²) in [6.45, 7) is 1.32. The molecule has 0 aromatic carbocycles. The number of esters is 1. The van der Waals surface area contributed by atoms with Crippen LogP contribution in [0.15, 0.2) is 0 Å². The molecule has 1 heterocycles. The lowest BCUT2D eigenvalue weighted by molar-refractivity contribution is -0.165. The fourth-order valence-corrected chi connectivity index (χ4v) is 3.34. The summed E-state index contributed by atoms with van der Waals surface area (Å²) in [6, 6.07) is 0. The van der Waals surface area contributed by atoms with Gasteiger partial charge in [0.25, 0.3) is 0 Å². The van der Waals surface area contributed by atoms with Gasteiger partial charge in [-0.15, -0.1) is 0 Å². The highest BCUT2D eigenvalue weighted by Gasteiger charge is 2.43. The molecule has 1 rings (SSSR count). The predicted octanol–water partition coefficient (Wildman–Crippen LogP) is 2.39. The van der Waals surface area contributed by atoms with E-state index in [1.165, 1.54) is 38.5 Å². The maximum atomic E-state index is 12.0. The molecule has 27 heavy (non-hydrogen) atoms. The molecule has 1 radical (unpaired) electrons.